The number of methoxy groups -OCH3 is 1. The summed E-state index contributed by atoms with van der Waals surface area (Å²) in [6.45, 7) is 5.09. The second-order valence-corrected chi connectivity index (χ2v) is 10.4. The van der Waals surface area contributed by atoms with Crippen molar-refractivity contribution < 1.29 is 14.3 Å². The smallest absolute Gasteiger partial charge is 0.263 e. The largest absolute Gasteiger partial charge is 0.481 e. The number of nitrogens with zero attached hydrogens (tertiary/aromatic N) is 3. The Labute approximate surface area is 221 Å². The first-order valence-electron chi connectivity index (χ1n) is 12.5. The van der Waals surface area contributed by atoms with E-state index in [1.54, 1.807) is 19.4 Å². The van der Waals surface area contributed by atoms with Crippen molar-refractivity contribution in [1.29, 1.82) is 0 Å². The number of aromatic nitrogens is 3. The molecule has 1 aliphatic carbocycles. The highest BCUT2D eigenvalue weighted by molar-refractivity contribution is 6.32. The van der Waals surface area contributed by atoms with E-state index < -0.39 is 0 Å². The number of nitrogens with one attached hydrogen (secondary N) is 2. The maximum Gasteiger partial charge on any atom is 0.263 e. The highest BCUT2D eigenvalue weighted by Crippen LogP contribution is 2.43. The van der Waals surface area contributed by atoms with E-state index in [-0.39, 0.29) is 23.5 Å². The zero-order chi connectivity index (χ0) is 26.0. The number of carbonyl (C=O) groups is 1. The number of anilines is 1. The van der Waals surface area contributed by atoms with Crippen LogP contribution in [0, 0.1) is 17.3 Å². The predicted molar refractivity (Wildman–Crippen MR) is 143 cm³/mol. The molecular formula is C28H30ClN5O3. The van der Waals surface area contributed by atoms with Crippen LogP contribution in [-0.2, 0) is 11.3 Å². The summed E-state index contributed by atoms with van der Waals surface area (Å²) in [5, 5.41) is 6.96. The highest BCUT2D eigenvalue weighted by atomic mass is 35.5. The molecule has 3 aromatic rings. The van der Waals surface area contributed by atoms with E-state index in [1.807, 2.05) is 18.2 Å². The van der Waals surface area contributed by atoms with E-state index in [2.05, 4.69) is 51.3 Å². The molecule has 3 aromatic heterocycles. The lowest BCUT2D eigenvalue weighted by atomic mass is 9.67. The fourth-order valence-corrected chi connectivity index (χ4v) is 5.07. The van der Waals surface area contributed by atoms with Gasteiger partial charge in [0.05, 0.1) is 28.9 Å². The second kappa shape index (κ2) is 10.2. The Balaban J connectivity index is 1.29. The molecular weight excluding hydrogens is 490 g/mol. The van der Waals surface area contributed by atoms with E-state index in [0.29, 0.717) is 40.1 Å². The van der Waals surface area contributed by atoms with Gasteiger partial charge in [0.15, 0.2) is 18.2 Å². The molecule has 0 saturated heterocycles. The third-order valence-electron chi connectivity index (χ3n) is 7.52. The minimum atomic E-state index is -0.183. The fourth-order valence-electron chi connectivity index (χ4n) is 4.88. The summed E-state index contributed by atoms with van der Waals surface area (Å²) in [6, 6.07) is 7.45. The summed E-state index contributed by atoms with van der Waals surface area (Å²) in [5.41, 5.74) is 2.83. The number of hydrogen-bond acceptors (Lipinski definition) is 7. The Bertz CT molecular complexity index is 1410. The van der Waals surface area contributed by atoms with Gasteiger partial charge < -0.3 is 20.1 Å². The van der Waals surface area contributed by atoms with Gasteiger partial charge in [-0.15, -0.1) is 0 Å². The van der Waals surface area contributed by atoms with Crippen molar-refractivity contribution in [2.75, 3.05) is 19.0 Å². The number of fused-ring (bicyclic) bond motifs is 2. The number of amides is 1. The molecule has 9 heteroatoms. The van der Waals surface area contributed by atoms with Crippen LogP contribution in [0.25, 0.3) is 11.0 Å². The van der Waals surface area contributed by atoms with Crippen molar-refractivity contribution in [3.8, 4) is 23.5 Å². The van der Waals surface area contributed by atoms with E-state index >= 15 is 0 Å². The molecule has 37 heavy (non-hydrogen) atoms. The summed E-state index contributed by atoms with van der Waals surface area (Å²) < 4.78 is 10.7. The monoisotopic (exact) mass is 519 g/mol. The maximum atomic E-state index is 11.6. The summed E-state index contributed by atoms with van der Waals surface area (Å²) in [5.74, 6) is 8.37. The molecule has 2 N–H and O–H groups in total. The van der Waals surface area contributed by atoms with E-state index in [9.17, 15) is 4.79 Å². The lowest BCUT2D eigenvalue weighted by Gasteiger charge is -2.43. The van der Waals surface area contributed by atoms with Gasteiger partial charge in [-0.3, -0.25) is 9.78 Å². The number of hydrogen-bond donors (Lipinski definition) is 2. The van der Waals surface area contributed by atoms with Gasteiger partial charge in [-0.05, 0) is 57.2 Å². The summed E-state index contributed by atoms with van der Waals surface area (Å²) in [6.07, 6.45) is 6.50. The third kappa shape index (κ3) is 5.34. The van der Waals surface area contributed by atoms with Gasteiger partial charge in [0.1, 0.15) is 5.52 Å². The van der Waals surface area contributed by atoms with Gasteiger partial charge in [-0.1, -0.05) is 30.4 Å². The van der Waals surface area contributed by atoms with Crippen LogP contribution in [0.5, 0.6) is 11.6 Å². The van der Waals surface area contributed by atoms with Crippen LogP contribution >= 0.6 is 11.6 Å². The maximum absolute atomic E-state index is 11.6. The van der Waals surface area contributed by atoms with Crippen molar-refractivity contribution >= 4 is 34.4 Å². The van der Waals surface area contributed by atoms with Crippen LogP contribution in [0.1, 0.15) is 57.2 Å². The van der Waals surface area contributed by atoms with Crippen molar-refractivity contribution in [3.05, 3.63) is 46.7 Å². The number of rotatable bonds is 5. The van der Waals surface area contributed by atoms with E-state index in [4.69, 9.17) is 21.1 Å². The molecule has 8 nitrogen and oxygen atoms in total. The number of pyridine rings is 3. The molecule has 1 amide bonds. The van der Waals surface area contributed by atoms with Gasteiger partial charge in [0.25, 0.3) is 5.91 Å². The number of halogens is 1. The molecule has 0 atom stereocenters. The average molecular weight is 520 g/mol. The molecule has 0 unspecified atom stereocenters. The van der Waals surface area contributed by atoms with Crippen LogP contribution < -0.4 is 20.1 Å². The van der Waals surface area contributed by atoms with Crippen LogP contribution in [-0.4, -0.2) is 40.1 Å². The third-order valence-corrected chi connectivity index (χ3v) is 7.81. The first-order valence-corrected chi connectivity index (χ1v) is 12.9. The normalized spacial score (nSPS) is 22.9. The Morgan fingerprint density at radius 2 is 2.00 bits per heavy atom. The Hall–Kier alpha value is -3.41. The fraction of sp³-hybridized carbons (Fsp3) is 0.429. The molecule has 0 bridgehead atoms. The molecule has 0 aromatic carbocycles. The highest BCUT2D eigenvalue weighted by Gasteiger charge is 2.38. The number of carbonyl (C=O) groups excluding carboxylic acids is 1. The zero-order valence-electron chi connectivity index (χ0n) is 21.3. The Morgan fingerprint density at radius 3 is 2.76 bits per heavy atom. The zero-order valence-corrected chi connectivity index (χ0v) is 22.0. The second-order valence-electron chi connectivity index (χ2n) is 9.99. The molecule has 192 valence electrons. The Morgan fingerprint density at radius 1 is 1.19 bits per heavy atom. The molecule has 2 aliphatic rings. The first kappa shape index (κ1) is 25.2. The van der Waals surface area contributed by atoms with Gasteiger partial charge in [0, 0.05) is 29.8 Å². The summed E-state index contributed by atoms with van der Waals surface area (Å²) in [4.78, 5) is 25.1. The predicted octanol–water partition coefficient (Wildman–Crippen LogP) is 4.89. The lowest BCUT2D eigenvalue weighted by Crippen LogP contribution is -2.47. The molecule has 5 rings (SSSR count). The average Bonchev–Trinajstić information content (AvgIpc) is 2.92. The van der Waals surface area contributed by atoms with Crippen LogP contribution in [0.15, 0.2) is 30.5 Å². The van der Waals surface area contributed by atoms with Gasteiger partial charge >= 0.3 is 0 Å². The van der Waals surface area contributed by atoms with Crippen molar-refractivity contribution in [3.63, 3.8) is 0 Å². The van der Waals surface area contributed by atoms with Gasteiger partial charge in [-0.25, -0.2) is 9.97 Å². The molecule has 1 fully saturated rings. The SMILES string of the molecule is CCC1(C#Cc2c(Cl)cnc3ccc(OC)nc23)CCC(C)(NCc2ccc3c(n2)NC(=O)CO3)CC1. The lowest BCUT2D eigenvalue weighted by molar-refractivity contribution is -0.118. The molecule has 1 aliphatic heterocycles. The Kier molecular flexibility index (Phi) is 6.93. The quantitative estimate of drug-likeness (QED) is 0.463. The standard InChI is InChI=1S/C28H30ClN5O3/c1-4-28(10-9-19-20(29)16-30-21-6-8-24(36-3)34-25(19)21)13-11-27(2,12-14-28)31-15-18-5-7-22-26(32-18)33-23(35)17-37-22/h5-8,16,31H,4,11-15,17H2,1-3H3,(H,32,33,35). The van der Waals surface area contributed by atoms with Crippen LogP contribution in [0.2, 0.25) is 5.02 Å². The summed E-state index contributed by atoms with van der Waals surface area (Å²) in [7, 11) is 1.59. The van der Waals surface area contributed by atoms with Crippen molar-refractivity contribution in [2.45, 2.75) is 58.0 Å². The number of ether oxygens (including phenoxy) is 2. The molecule has 0 spiro atoms. The summed E-state index contributed by atoms with van der Waals surface area (Å²) >= 11 is 6.51. The van der Waals surface area contributed by atoms with E-state index in [0.717, 1.165) is 43.3 Å². The first-order chi connectivity index (χ1) is 17.8. The van der Waals surface area contributed by atoms with Crippen LogP contribution in [0.3, 0.4) is 0 Å². The molecule has 1 saturated carbocycles. The van der Waals surface area contributed by atoms with Crippen molar-refractivity contribution in [1.82, 2.24) is 20.3 Å². The van der Waals surface area contributed by atoms with Crippen LogP contribution in [0.4, 0.5) is 5.82 Å². The minimum absolute atomic E-state index is 0.0285. The molecule has 4 heterocycles. The minimum Gasteiger partial charge on any atom is -0.481 e. The van der Waals surface area contributed by atoms with Crippen molar-refractivity contribution in [2.24, 2.45) is 5.41 Å². The van der Waals surface area contributed by atoms with E-state index in [1.165, 1.54) is 0 Å². The topological polar surface area (TPSA) is 98.3 Å². The van der Waals surface area contributed by atoms with Gasteiger partial charge in [0.2, 0.25) is 5.88 Å². The van der Waals surface area contributed by atoms with Gasteiger partial charge in [-0.2, -0.15) is 0 Å². The molecule has 0 radical (unpaired) electrons.